The molecule has 1 unspecified atom stereocenters. The molecule has 0 saturated carbocycles. The van der Waals surface area contributed by atoms with E-state index in [4.69, 9.17) is 0 Å². The van der Waals surface area contributed by atoms with E-state index in [9.17, 15) is 9.18 Å². The molecule has 1 aromatic heterocycles. The number of rotatable bonds is 5. The van der Waals surface area contributed by atoms with Gasteiger partial charge in [-0.2, -0.15) is 0 Å². The van der Waals surface area contributed by atoms with Gasteiger partial charge in [-0.15, -0.1) is 11.3 Å². The predicted octanol–water partition coefficient (Wildman–Crippen LogP) is 4.36. The van der Waals surface area contributed by atoms with Crippen molar-refractivity contribution < 1.29 is 9.18 Å². The lowest BCUT2D eigenvalue weighted by Crippen LogP contribution is -2.27. The Hall–Kier alpha value is -1.72. The highest BCUT2D eigenvalue weighted by Gasteiger charge is 2.27. The standard InChI is InChI=1S/C18H21FN2OS/c1-13-7-8-17(23-13)16-6-3-10-21(16)11-9-18(22)20-15-5-2-4-14(19)12-15/h2,4-5,7-8,12,16H,3,6,9-11H2,1H3,(H,20,22). The summed E-state index contributed by atoms with van der Waals surface area (Å²) in [6, 6.07) is 10.8. The van der Waals surface area contributed by atoms with Gasteiger partial charge in [-0.25, -0.2) is 4.39 Å². The van der Waals surface area contributed by atoms with E-state index in [-0.39, 0.29) is 11.7 Å². The van der Waals surface area contributed by atoms with Gasteiger partial charge in [0.05, 0.1) is 0 Å². The highest BCUT2D eigenvalue weighted by Crippen LogP contribution is 2.35. The summed E-state index contributed by atoms with van der Waals surface area (Å²) in [6.45, 7) is 3.90. The minimum Gasteiger partial charge on any atom is -0.326 e. The molecule has 2 aromatic rings. The molecule has 122 valence electrons. The van der Waals surface area contributed by atoms with Gasteiger partial charge in [-0.3, -0.25) is 9.69 Å². The van der Waals surface area contributed by atoms with Crippen LogP contribution in [0.4, 0.5) is 10.1 Å². The van der Waals surface area contributed by atoms with Crippen LogP contribution in [0.25, 0.3) is 0 Å². The average Bonchev–Trinajstić information content (AvgIpc) is 3.13. The van der Waals surface area contributed by atoms with Gasteiger partial charge in [-0.1, -0.05) is 6.07 Å². The lowest BCUT2D eigenvalue weighted by Gasteiger charge is -2.23. The van der Waals surface area contributed by atoms with Crippen molar-refractivity contribution in [2.24, 2.45) is 0 Å². The molecule has 2 heterocycles. The number of carbonyl (C=O) groups excluding carboxylic acids is 1. The minimum absolute atomic E-state index is 0.0661. The number of hydrogen-bond donors (Lipinski definition) is 1. The zero-order chi connectivity index (χ0) is 16.2. The van der Waals surface area contributed by atoms with Crippen LogP contribution in [0.3, 0.4) is 0 Å². The van der Waals surface area contributed by atoms with Gasteiger partial charge in [-0.05, 0) is 56.6 Å². The van der Waals surface area contributed by atoms with E-state index in [0.29, 0.717) is 18.2 Å². The summed E-state index contributed by atoms with van der Waals surface area (Å²) in [6.07, 6.45) is 2.76. The topological polar surface area (TPSA) is 32.3 Å². The summed E-state index contributed by atoms with van der Waals surface area (Å²) < 4.78 is 13.1. The average molecular weight is 332 g/mol. The van der Waals surface area contributed by atoms with Crippen molar-refractivity contribution >= 4 is 22.9 Å². The maximum Gasteiger partial charge on any atom is 0.225 e. The maximum atomic E-state index is 13.1. The molecule has 0 spiro atoms. The van der Waals surface area contributed by atoms with Crippen molar-refractivity contribution in [3.05, 3.63) is 52.0 Å². The summed E-state index contributed by atoms with van der Waals surface area (Å²) in [5, 5.41) is 2.76. The zero-order valence-electron chi connectivity index (χ0n) is 13.2. The largest absolute Gasteiger partial charge is 0.326 e. The van der Waals surface area contributed by atoms with Crippen LogP contribution in [0, 0.1) is 12.7 Å². The first-order valence-electron chi connectivity index (χ1n) is 7.97. The number of hydrogen-bond acceptors (Lipinski definition) is 3. The SMILES string of the molecule is Cc1ccc(C2CCCN2CCC(=O)Nc2cccc(F)c2)s1. The van der Waals surface area contributed by atoms with Gasteiger partial charge >= 0.3 is 0 Å². The lowest BCUT2D eigenvalue weighted by molar-refractivity contribution is -0.116. The van der Waals surface area contributed by atoms with E-state index < -0.39 is 0 Å². The van der Waals surface area contributed by atoms with Crippen molar-refractivity contribution in [3.8, 4) is 0 Å². The third-order valence-corrected chi connectivity index (χ3v) is 5.29. The van der Waals surface area contributed by atoms with Gasteiger partial charge in [0.15, 0.2) is 0 Å². The van der Waals surface area contributed by atoms with Crippen molar-refractivity contribution in [1.29, 1.82) is 0 Å². The van der Waals surface area contributed by atoms with Crippen LogP contribution in [0.2, 0.25) is 0 Å². The number of halogens is 1. The number of carbonyl (C=O) groups is 1. The molecule has 23 heavy (non-hydrogen) atoms. The van der Waals surface area contributed by atoms with E-state index in [1.807, 2.05) is 11.3 Å². The third kappa shape index (κ3) is 4.18. The molecule has 1 amide bonds. The van der Waals surface area contributed by atoms with Crippen LogP contribution in [0.15, 0.2) is 36.4 Å². The molecule has 1 aliphatic heterocycles. The maximum absolute atomic E-state index is 13.1. The normalized spacial score (nSPS) is 18.3. The van der Waals surface area contributed by atoms with E-state index in [2.05, 4.69) is 29.3 Å². The Morgan fingerprint density at radius 2 is 2.26 bits per heavy atom. The Kier molecular flexibility index (Phi) is 5.08. The molecular formula is C18H21FN2OS. The van der Waals surface area contributed by atoms with Crippen molar-refractivity contribution in [2.45, 2.75) is 32.2 Å². The van der Waals surface area contributed by atoms with Crippen LogP contribution < -0.4 is 5.32 Å². The highest BCUT2D eigenvalue weighted by molar-refractivity contribution is 7.12. The van der Waals surface area contributed by atoms with Crippen LogP contribution in [-0.2, 0) is 4.79 Å². The Balaban J connectivity index is 1.54. The number of benzene rings is 1. The van der Waals surface area contributed by atoms with Gasteiger partial charge in [0, 0.05) is 34.4 Å². The van der Waals surface area contributed by atoms with Gasteiger partial charge in [0.2, 0.25) is 5.91 Å². The molecule has 1 aromatic carbocycles. The Labute approximate surface area is 140 Å². The summed E-state index contributed by atoms with van der Waals surface area (Å²) in [5.74, 6) is -0.404. The predicted molar refractivity (Wildman–Crippen MR) is 92.3 cm³/mol. The third-order valence-electron chi connectivity index (χ3n) is 4.19. The number of nitrogens with one attached hydrogen (secondary N) is 1. The fraction of sp³-hybridized carbons (Fsp3) is 0.389. The molecule has 0 bridgehead atoms. The van der Waals surface area contributed by atoms with E-state index in [1.54, 1.807) is 12.1 Å². The van der Waals surface area contributed by atoms with Gasteiger partial charge in [0.25, 0.3) is 0 Å². The zero-order valence-corrected chi connectivity index (χ0v) is 14.0. The number of amides is 1. The molecule has 1 fully saturated rings. The second-order valence-electron chi connectivity index (χ2n) is 5.95. The van der Waals surface area contributed by atoms with Crippen LogP contribution in [0.1, 0.15) is 35.1 Å². The minimum atomic E-state index is -0.338. The van der Waals surface area contributed by atoms with E-state index in [1.165, 1.54) is 28.3 Å². The quantitative estimate of drug-likeness (QED) is 0.882. The second-order valence-corrected chi connectivity index (χ2v) is 7.27. The first-order valence-corrected chi connectivity index (χ1v) is 8.79. The van der Waals surface area contributed by atoms with Gasteiger partial charge < -0.3 is 5.32 Å². The van der Waals surface area contributed by atoms with Crippen molar-refractivity contribution in [1.82, 2.24) is 4.90 Å². The summed E-state index contributed by atoms with van der Waals surface area (Å²) in [4.78, 5) is 17.2. The van der Waals surface area contributed by atoms with Crippen LogP contribution >= 0.6 is 11.3 Å². The Morgan fingerprint density at radius 1 is 1.39 bits per heavy atom. The lowest BCUT2D eigenvalue weighted by atomic mass is 10.2. The monoisotopic (exact) mass is 332 g/mol. The van der Waals surface area contributed by atoms with E-state index in [0.717, 1.165) is 19.5 Å². The first-order chi connectivity index (χ1) is 11.1. The van der Waals surface area contributed by atoms with Crippen LogP contribution in [-0.4, -0.2) is 23.9 Å². The molecule has 1 aliphatic rings. The number of likely N-dealkylation sites (tertiary alicyclic amines) is 1. The van der Waals surface area contributed by atoms with Gasteiger partial charge in [0.1, 0.15) is 5.82 Å². The number of aryl methyl sites for hydroxylation is 1. The molecule has 3 nitrogen and oxygen atoms in total. The molecule has 5 heteroatoms. The first kappa shape index (κ1) is 16.1. The Morgan fingerprint density at radius 3 is 3.00 bits per heavy atom. The highest BCUT2D eigenvalue weighted by atomic mass is 32.1. The molecule has 3 rings (SSSR count). The molecule has 1 N–H and O–H groups in total. The molecule has 0 aliphatic carbocycles. The van der Waals surface area contributed by atoms with Crippen molar-refractivity contribution in [2.75, 3.05) is 18.4 Å². The van der Waals surface area contributed by atoms with Crippen LogP contribution in [0.5, 0.6) is 0 Å². The van der Waals surface area contributed by atoms with Crippen molar-refractivity contribution in [3.63, 3.8) is 0 Å². The molecular weight excluding hydrogens is 311 g/mol. The molecule has 1 atom stereocenters. The second kappa shape index (κ2) is 7.23. The number of anilines is 1. The summed E-state index contributed by atoms with van der Waals surface area (Å²) >= 11 is 1.84. The fourth-order valence-corrected chi connectivity index (χ4v) is 4.13. The smallest absolute Gasteiger partial charge is 0.225 e. The molecule has 0 radical (unpaired) electrons. The Bertz CT molecular complexity index is 685. The van der Waals surface area contributed by atoms with E-state index >= 15 is 0 Å². The molecule has 1 saturated heterocycles. The fourth-order valence-electron chi connectivity index (χ4n) is 3.08. The summed E-state index contributed by atoms with van der Waals surface area (Å²) in [7, 11) is 0. The summed E-state index contributed by atoms with van der Waals surface area (Å²) in [5.41, 5.74) is 0.516. The number of thiophene rings is 1. The number of nitrogens with zero attached hydrogens (tertiary/aromatic N) is 1.